The second kappa shape index (κ2) is 9.58. The number of carbonyl (C=O) groups excluding carboxylic acids is 1. The molecule has 2 heterocycles. The van der Waals surface area contributed by atoms with E-state index < -0.39 is 0 Å². The van der Waals surface area contributed by atoms with Gasteiger partial charge in [0, 0.05) is 37.3 Å². The van der Waals surface area contributed by atoms with E-state index in [1.54, 1.807) is 0 Å². The van der Waals surface area contributed by atoms with Gasteiger partial charge < -0.3 is 19.5 Å². The fraction of sp³-hybridized carbons (Fsp3) is 0.348. The molecule has 2 aliphatic rings. The Morgan fingerprint density at radius 3 is 2.76 bits per heavy atom. The molecule has 0 aliphatic carbocycles. The smallest absolute Gasteiger partial charge is 0.250 e. The average molecular weight is 394 g/mol. The lowest BCUT2D eigenvalue weighted by molar-refractivity contribution is -0.117. The Bertz CT molecular complexity index is 875. The van der Waals surface area contributed by atoms with Crippen molar-refractivity contribution in [3.05, 3.63) is 65.2 Å². The monoisotopic (exact) mass is 394 g/mol. The van der Waals surface area contributed by atoms with Crippen molar-refractivity contribution >= 4 is 12.0 Å². The molecule has 2 aliphatic heterocycles. The number of benzene rings is 2. The third-order valence-corrected chi connectivity index (χ3v) is 5.10. The van der Waals surface area contributed by atoms with Gasteiger partial charge in [0.05, 0.1) is 18.8 Å². The van der Waals surface area contributed by atoms with Crippen LogP contribution in [0.5, 0.6) is 11.5 Å². The molecule has 1 saturated heterocycles. The SMILES string of the molecule is O=C(NCc1ccccc1OCCN1CCOCC1)C1=Cc2ccccc2OC1. The van der Waals surface area contributed by atoms with E-state index in [4.69, 9.17) is 14.2 Å². The maximum atomic E-state index is 12.6. The Labute approximate surface area is 171 Å². The third-order valence-electron chi connectivity index (χ3n) is 5.10. The van der Waals surface area contributed by atoms with Crippen molar-refractivity contribution in [2.45, 2.75) is 6.54 Å². The van der Waals surface area contributed by atoms with Gasteiger partial charge in [-0.15, -0.1) is 0 Å². The number of fused-ring (bicyclic) bond motifs is 1. The first-order valence-corrected chi connectivity index (χ1v) is 10.0. The summed E-state index contributed by atoms with van der Waals surface area (Å²) < 4.78 is 17.0. The second-order valence-electron chi connectivity index (χ2n) is 7.09. The Morgan fingerprint density at radius 1 is 1.07 bits per heavy atom. The van der Waals surface area contributed by atoms with Crippen LogP contribution >= 0.6 is 0 Å². The van der Waals surface area contributed by atoms with Crippen LogP contribution in [-0.2, 0) is 16.1 Å². The zero-order chi connectivity index (χ0) is 19.9. The number of carbonyl (C=O) groups is 1. The molecule has 1 amide bonds. The molecule has 6 heteroatoms. The lowest BCUT2D eigenvalue weighted by Gasteiger charge is -2.26. The molecule has 1 N–H and O–H groups in total. The standard InChI is InChI=1S/C23H26N2O4/c26-23(20-15-18-5-1-3-7-21(18)29-17-20)24-16-19-6-2-4-8-22(19)28-14-11-25-9-12-27-13-10-25/h1-8,15H,9-14,16-17H2,(H,24,26). The van der Waals surface area contributed by atoms with E-state index >= 15 is 0 Å². The summed E-state index contributed by atoms with van der Waals surface area (Å²) in [6.07, 6.45) is 1.89. The van der Waals surface area contributed by atoms with Gasteiger partial charge in [-0.25, -0.2) is 0 Å². The van der Waals surface area contributed by atoms with Crippen LogP contribution in [0.4, 0.5) is 0 Å². The Balaban J connectivity index is 1.31. The number of morpholine rings is 1. The number of para-hydroxylation sites is 2. The highest BCUT2D eigenvalue weighted by Crippen LogP contribution is 2.26. The van der Waals surface area contributed by atoms with Crippen molar-refractivity contribution in [3.8, 4) is 11.5 Å². The average Bonchev–Trinajstić information content (AvgIpc) is 2.78. The molecule has 2 aromatic carbocycles. The molecular formula is C23H26N2O4. The normalized spacial score (nSPS) is 16.3. The summed E-state index contributed by atoms with van der Waals surface area (Å²) in [7, 11) is 0. The van der Waals surface area contributed by atoms with Crippen molar-refractivity contribution in [2.75, 3.05) is 46.1 Å². The summed E-state index contributed by atoms with van der Waals surface area (Å²) >= 11 is 0. The fourth-order valence-electron chi connectivity index (χ4n) is 3.44. The van der Waals surface area contributed by atoms with Crippen molar-refractivity contribution < 1.29 is 19.0 Å². The van der Waals surface area contributed by atoms with E-state index in [9.17, 15) is 4.79 Å². The molecule has 4 rings (SSSR count). The van der Waals surface area contributed by atoms with E-state index in [0.29, 0.717) is 18.7 Å². The second-order valence-corrected chi connectivity index (χ2v) is 7.09. The minimum absolute atomic E-state index is 0.123. The Morgan fingerprint density at radius 2 is 1.86 bits per heavy atom. The molecule has 0 aromatic heterocycles. The summed E-state index contributed by atoms with van der Waals surface area (Å²) in [6, 6.07) is 15.5. The van der Waals surface area contributed by atoms with Crippen LogP contribution < -0.4 is 14.8 Å². The van der Waals surface area contributed by atoms with E-state index in [2.05, 4.69) is 10.2 Å². The fourth-order valence-corrected chi connectivity index (χ4v) is 3.44. The minimum Gasteiger partial charge on any atom is -0.492 e. The largest absolute Gasteiger partial charge is 0.492 e. The van der Waals surface area contributed by atoms with Crippen LogP contribution in [0.3, 0.4) is 0 Å². The van der Waals surface area contributed by atoms with Gasteiger partial charge in [0.2, 0.25) is 0 Å². The highest BCUT2D eigenvalue weighted by Gasteiger charge is 2.17. The molecule has 1 fully saturated rings. The van der Waals surface area contributed by atoms with Crippen molar-refractivity contribution in [1.82, 2.24) is 10.2 Å². The minimum atomic E-state index is -0.123. The lowest BCUT2D eigenvalue weighted by Crippen LogP contribution is -2.38. The predicted molar refractivity (Wildman–Crippen MR) is 111 cm³/mol. The van der Waals surface area contributed by atoms with Gasteiger partial charge in [0.1, 0.15) is 24.7 Å². The molecule has 2 aromatic rings. The molecule has 0 bridgehead atoms. The molecule has 0 spiro atoms. The molecule has 29 heavy (non-hydrogen) atoms. The number of amides is 1. The van der Waals surface area contributed by atoms with Crippen LogP contribution in [0, 0.1) is 0 Å². The number of ether oxygens (including phenoxy) is 3. The molecule has 6 nitrogen and oxygen atoms in total. The van der Waals surface area contributed by atoms with Crippen LogP contribution in [0.2, 0.25) is 0 Å². The van der Waals surface area contributed by atoms with Crippen LogP contribution in [0.15, 0.2) is 54.1 Å². The molecule has 0 saturated carbocycles. The Hall–Kier alpha value is -2.83. The summed E-state index contributed by atoms with van der Waals surface area (Å²) in [5, 5.41) is 2.99. The predicted octanol–water partition coefficient (Wildman–Crippen LogP) is 2.49. The highest BCUT2D eigenvalue weighted by atomic mass is 16.5. The number of hydrogen-bond acceptors (Lipinski definition) is 5. The van der Waals surface area contributed by atoms with Crippen LogP contribution in [0.1, 0.15) is 11.1 Å². The van der Waals surface area contributed by atoms with Gasteiger partial charge in [-0.2, -0.15) is 0 Å². The maximum absolute atomic E-state index is 12.6. The van der Waals surface area contributed by atoms with Crippen LogP contribution in [0.25, 0.3) is 6.08 Å². The zero-order valence-corrected chi connectivity index (χ0v) is 16.4. The number of hydrogen-bond donors (Lipinski definition) is 1. The van der Waals surface area contributed by atoms with E-state index in [-0.39, 0.29) is 12.5 Å². The van der Waals surface area contributed by atoms with E-state index in [0.717, 1.165) is 55.5 Å². The van der Waals surface area contributed by atoms with Gasteiger partial charge in [-0.05, 0) is 18.2 Å². The van der Waals surface area contributed by atoms with Crippen LogP contribution in [-0.4, -0.2) is 56.9 Å². The van der Waals surface area contributed by atoms with Gasteiger partial charge in [0.15, 0.2) is 0 Å². The van der Waals surface area contributed by atoms with Gasteiger partial charge >= 0.3 is 0 Å². The third kappa shape index (κ3) is 5.16. The number of rotatable bonds is 7. The first-order valence-electron chi connectivity index (χ1n) is 10.0. The Kier molecular flexibility index (Phi) is 6.44. The van der Waals surface area contributed by atoms with Crippen molar-refractivity contribution in [1.29, 1.82) is 0 Å². The maximum Gasteiger partial charge on any atom is 0.250 e. The summed E-state index contributed by atoms with van der Waals surface area (Å²) in [5.41, 5.74) is 2.51. The van der Waals surface area contributed by atoms with Crippen molar-refractivity contribution in [2.24, 2.45) is 0 Å². The summed E-state index contributed by atoms with van der Waals surface area (Å²) in [4.78, 5) is 14.9. The molecule has 0 unspecified atom stereocenters. The first-order chi connectivity index (χ1) is 14.3. The zero-order valence-electron chi connectivity index (χ0n) is 16.4. The summed E-state index contributed by atoms with van der Waals surface area (Å²) in [6.45, 7) is 5.63. The van der Waals surface area contributed by atoms with E-state index in [1.165, 1.54) is 0 Å². The number of nitrogens with one attached hydrogen (secondary N) is 1. The lowest BCUT2D eigenvalue weighted by atomic mass is 10.1. The molecule has 152 valence electrons. The number of nitrogens with zero attached hydrogens (tertiary/aromatic N) is 1. The first kappa shape index (κ1) is 19.5. The topological polar surface area (TPSA) is 60.0 Å². The highest BCUT2D eigenvalue weighted by molar-refractivity contribution is 5.99. The molecular weight excluding hydrogens is 368 g/mol. The summed E-state index contributed by atoms with van der Waals surface area (Å²) in [5.74, 6) is 1.49. The van der Waals surface area contributed by atoms with Crippen molar-refractivity contribution in [3.63, 3.8) is 0 Å². The van der Waals surface area contributed by atoms with Gasteiger partial charge in [0.25, 0.3) is 5.91 Å². The van der Waals surface area contributed by atoms with Gasteiger partial charge in [-0.3, -0.25) is 9.69 Å². The van der Waals surface area contributed by atoms with E-state index in [1.807, 2.05) is 54.6 Å². The van der Waals surface area contributed by atoms with Gasteiger partial charge in [-0.1, -0.05) is 36.4 Å². The molecule has 0 atom stereocenters. The quantitative estimate of drug-likeness (QED) is 0.782. The molecule has 0 radical (unpaired) electrons.